The highest BCUT2D eigenvalue weighted by Crippen LogP contribution is 2.38. The highest BCUT2D eigenvalue weighted by atomic mass is 32.2. The number of benzene rings is 1. The summed E-state index contributed by atoms with van der Waals surface area (Å²) >= 11 is 3.25. The number of nitrogens with zero attached hydrogens (tertiary/aromatic N) is 5. The van der Waals surface area contributed by atoms with E-state index in [1.807, 2.05) is 34.4 Å². The minimum absolute atomic E-state index is 0.0905. The fourth-order valence-corrected chi connectivity index (χ4v) is 6.70. The minimum Gasteiger partial charge on any atom is -0.333 e. The van der Waals surface area contributed by atoms with E-state index in [4.69, 9.17) is 4.98 Å². The largest absolute Gasteiger partial charge is 0.333 e. The van der Waals surface area contributed by atoms with Gasteiger partial charge in [-0.3, -0.25) is 9.20 Å². The summed E-state index contributed by atoms with van der Waals surface area (Å²) in [7, 11) is 0. The first-order valence-electron chi connectivity index (χ1n) is 11.5. The topological polar surface area (TPSA) is 63.4 Å². The summed E-state index contributed by atoms with van der Waals surface area (Å²) in [5, 5.41) is 10.9. The van der Waals surface area contributed by atoms with Crippen molar-refractivity contribution in [3.63, 3.8) is 0 Å². The first-order chi connectivity index (χ1) is 15.8. The quantitative estimate of drug-likeness (QED) is 0.356. The predicted octanol–water partition coefficient (Wildman–Crippen LogP) is 5.45. The molecule has 0 N–H and O–H groups in total. The number of carbonyl (C=O) groups is 1. The van der Waals surface area contributed by atoms with Gasteiger partial charge in [-0.05, 0) is 64.5 Å². The minimum atomic E-state index is -0.278. The number of rotatable bonds is 5. The molecule has 0 unspecified atom stereocenters. The first-order valence-corrected chi connectivity index (χ1v) is 13.3. The van der Waals surface area contributed by atoms with E-state index in [1.54, 1.807) is 11.3 Å². The van der Waals surface area contributed by atoms with E-state index in [0.29, 0.717) is 12.3 Å². The normalized spacial score (nSPS) is 14.1. The van der Waals surface area contributed by atoms with Gasteiger partial charge in [0.1, 0.15) is 10.7 Å². The Morgan fingerprint density at radius 2 is 1.91 bits per heavy atom. The smallest absolute Gasteiger partial charge is 0.233 e. The molecule has 0 fully saturated rings. The SMILES string of the molecule is Cc1nc2sc3c(c2c2nnc(SCC(=O)N(Cc4ccccc4)C(C)(C)C)n12)CCCC3. The molecule has 0 aliphatic heterocycles. The standard InChI is InChI=1S/C25H29N5OS2/c1-16-26-23-21(18-12-8-9-13-19(18)33-23)22-27-28-24(30(16)22)32-15-20(31)29(25(2,3)4)14-17-10-6-5-7-11-17/h5-7,10-11H,8-9,12-15H2,1-4H3. The molecular weight excluding hydrogens is 450 g/mol. The first kappa shape index (κ1) is 22.3. The van der Waals surface area contributed by atoms with Crippen LogP contribution in [0.25, 0.3) is 15.9 Å². The van der Waals surface area contributed by atoms with Crippen molar-refractivity contribution in [1.82, 2.24) is 24.5 Å². The predicted molar refractivity (Wildman–Crippen MR) is 135 cm³/mol. The molecule has 8 heteroatoms. The van der Waals surface area contributed by atoms with Gasteiger partial charge in [0.05, 0.1) is 11.1 Å². The van der Waals surface area contributed by atoms with Crippen LogP contribution in [-0.4, -0.2) is 41.7 Å². The van der Waals surface area contributed by atoms with Gasteiger partial charge in [-0.1, -0.05) is 42.1 Å². The Bertz CT molecular complexity index is 1320. The third kappa shape index (κ3) is 4.26. The molecule has 1 aliphatic carbocycles. The van der Waals surface area contributed by atoms with Gasteiger partial charge in [0.2, 0.25) is 5.91 Å². The Morgan fingerprint density at radius 1 is 1.15 bits per heavy atom. The van der Waals surface area contributed by atoms with Crippen LogP contribution in [0.5, 0.6) is 0 Å². The molecule has 3 heterocycles. The third-order valence-electron chi connectivity index (χ3n) is 6.22. The van der Waals surface area contributed by atoms with Crippen molar-refractivity contribution in [1.29, 1.82) is 0 Å². The van der Waals surface area contributed by atoms with Crippen LogP contribution in [0.15, 0.2) is 35.5 Å². The average molecular weight is 480 g/mol. The lowest BCUT2D eigenvalue weighted by Gasteiger charge is -2.36. The zero-order valence-electron chi connectivity index (χ0n) is 19.6. The van der Waals surface area contributed by atoms with E-state index in [9.17, 15) is 4.79 Å². The number of thioether (sulfide) groups is 1. The summed E-state index contributed by atoms with van der Waals surface area (Å²) in [5.74, 6) is 1.27. The zero-order valence-corrected chi connectivity index (χ0v) is 21.2. The van der Waals surface area contributed by atoms with Crippen LogP contribution in [0, 0.1) is 6.92 Å². The second kappa shape index (κ2) is 8.72. The Balaban J connectivity index is 1.42. The van der Waals surface area contributed by atoms with E-state index in [1.165, 1.54) is 35.0 Å². The molecule has 1 aliphatic rings. The van der Waals surface area contributed by atoms with Gasteiger partial charge >= 0.3 is 0 Å². The number of hydrogen-bond acceptors (Lipinski definition) is 6. The molecule has 0 saturated heterocycles. The monoisotopic (exact) mass is 479 g/mol. The van der Waals surface area contributed by atoms with Crippen molar-refractivity contribution in [2.24, 2.45) is 0 Å². The van der Waals surface area contributed by atoms with Crippen LogP contribution in [0.3, 0.4) is 0 Å². The maximum absolute atomic E-state index is 13.3. The maximum atomic E-state index is 13.3. The van der Waals surface area contributed by atoms with Gasteiger partial charge < -0.3 is 4.90 Å². The molecule has 1 amide bonds. The fourth-order valence-electron chi connectivity index (χ4n) is 4.54. The van der Waals surface area contributed by atoms with Crippen LogP contribution in [0.2, 0.25) is 0 Å². The van der Waals surface area contributed by atoms with E-state index in [-0.39, 0.29) is 11.4 Å². The Morgan fingerprint density at radius 3 is 2.67 bits per heavy atom. The van der Waals surface area contributed by atoms with Gasteiger partial charge in [-0.2, -0.15) is 0 Å². The van der Waals surface area contributed by atoms with Crippen molar-refractivity contribution in [3.8, 4) is 0 Å². The molecule has 3 aromatic heterocycles. The molecule has 172 valence electrons. The van der Waals surface area contributed by atoms with Crippen molar-refractivity contribution in [2.45, 2.75) is 70.6 Å². The highest BCUT2D eigenvalue weighted by Gasteiger charge is 2.28. The summed E-state index contributed by atoms with van der Waals surface area (Å²) in [6, 6.07) is 10.1. The van der Waals surface area contributed by atoms with Crippen molar-refractivity contribution < 1.29 is 4.79 Å². The third-order valence-corrected chi connectivity index (χ3v) is 8.32. The molecule has 0 radical (unpaired) electrons. The molecule has 0 saturated carbocycles. The molecule has 0 atom stereocenters. The molecule has 0 bridgehead atoms. The number of thiophene rings is 1. The van der Waals surface area contributed by atoms with E-state index in [2.05, 4.69) is 43.1 Å². The second-order valence-corrected chi connectivity index (χ2v) is 11.6. The molecule has 0 spiro atoms. The van der Waals surface area contributed by atoms with Gasteiger partial charge in [0.15, 0.2) is 10.8 Å². The van der Waals surface area contributed by atoms with E-state index < -0.39 is 0 Å². The van der Waals surface area contributed by atoms with Crippen molar-refractivity contribution in [2.75, 3.05) is 5.75 Å². The molecule has 5 rings (SSSR count). The second-order valence-electron chi connectivity index (χ2n) is 9.62. The number of aryl methyl sites for hydroxylation is 3. The molecule has 1 aromatic carbocycles. The summed E-state index contributed by atoms with van der Waals surface area (Å²) in [6.45, 7) is 8.82. The van der Waals surface area contributed by atoms with Gasteiger partial charge in [-0.25, -0.2) is 4.98 Å². The summed E-state index contributed by atoms with van der Waals surface area (Å²) in [6.07, 6.45) is 4.69. The lowest BCUT2D eigenvalue weighted by molar-refractivity contribution is -0.133. The summed E-state index contributed by atoms with van der Waals surface area (Å²) in [4.78, 5) is 22.7. The average Bonchev–Trinajstić information content (AvgIpc) is 3.37. The zero-order chi connectivity index (χ0) is 23.2. The number of hydrogen-bond donors (Lipinski definition) is 0. The van der Waals surface area contributed by atoms with Gasteiger partial charge in [0.25, 0.3) is 0 Å². The Kier molecular flexibility index (Phi) is 5.91. The lowest BCUT2D eigenvalue weighted by atomic mass is 9.97. The van der Waals surface area contributed by atoms with Crippen LogP contribution in [0.1, 0.15) is 55.4 Å². The van der Waals surface area contributed by atoms with E-state index in [0.717, 1.165) is 45.2 Å². The number of aromatic nitrogens is 4. The lowest BCUT2D eigenvalue weighted by Crippen LogP contribution is -2.45. The van der Waals surface area contributed by atoms with Crippen LogP contribution in [-0.2, 0) is 24.2 Å². The maximum Gasteiger partial charge on any atom is 0.233 e. The van der Waals surface area contributed by atoms with E-state index >= 15 is 0 Å². The Hall–Kier alpha value is -2.45. The fraction of sp³-hybridized carbons (Fsp3) is 0.440. The molecule has 4 aromatic rings. The molecular formula is C25H29N5OS2. The molecule has 6 nitrogen and oxygen atoms in total. The number of amides is 1. The number of fused-ring (bicyclic) bond motifs is 5. The van der Waals surface area contributed by atoms with Crippen LogP contribution in [0.4, 0.5) is 0 Å². The van der Waals surface area contributed by atoms with Gasteiger partial charge in [-0.15, -0.1) is 21.5 Å². The highest BCUT2D eigenvalue weighted by molar-refractivity contribution is 7.99. The van der Waals surface area contributed by atoms with Crippen molar-refractivity contribution in [3.05, 3.63) is 52.2 Å². The van der Waals surface area contributed by atoms with Crippen LogP contribution >= 0.6 is 23.1 Å². The Labute approximate surface area is 202 Å². The molecule has 33 heavy (non-hydrogen) atoms. The van der Waals surface area contributed by atoms with Crippen LogP contribution < -0.4 is 0 Å². The van der Waals surface area contributed by atoms with Gasteiger partial charge in [0, 0.05) is 17.0 Å². The summed E-state index contributed by atoms with van der Waals surface area (Å²) < 4.78 is 2.03. The summed E-state index contributed by atoms with van der Waals surface area (Å²) in [5.41, 5.74) is 3.13. The number of carbonyl (C=O) groups excluding carboxylic acids is 1. The van der Waals surface area contributed by atoms with Crippen molar-refractivity contribution >= 4 is 44.9 Å².